The molecule has 65 heavy (non-hydrogen) atoms. The van der Waals surface area contributed by atoms with Crippen LogP contribution in [0.2, 0.25) is 10.3 Å². The lowest BCUT2D eigenvalue weighted by molar-refractivity contribution is -0.143. The number of carboxylic acid groups (broad SMARTS) is 1. The lowest BCUT2D eigenvalue weighted by atomic mass is 10.1. The Balaban J connectivity index is 0.000000345. The number of nitrogen functional groups attached to an aromatic ring is 4. The quantitative estimate of drug-likeness (QED) is 0.0247. The van der Waals surface area contributed by atoms with Gasteiger partial charge >= 0.3 is 11.9 Å². The van der Waals surface area contributed by atoms with Crippen LogP contribution in [-0.4, -0.2) is 106 Å². The summed E-state index contributed by atoms with van der Waals surface area (Å²) in [6.07, 6.45) is 4.79. The minimum Gasteiger partial charge on any atom is -0.491 e. The van der Waals surface area contributed by atoms with Crippen LogP contribution >= 0.6 is 23.2 Å². The van der Waals surface area contributed by atoms with Gasteiger partial charge in [-0.1, -0.05) is 47.5 Å². The lowest BCUT2D eigenvalue weighted by Gasteiger charge is -2.11. The average Bonchev–Trinajstić information content (AvgIpc) is 3.27. The van der Waals surface area contributed by atoms with Crippen molar-refractivity contribution in [1.82, 2.24) is 30.6 Å². The fourth-order valence-corrected chi connectivity index (χ4v) is 5.35. The highest BCUT2D eigenvalue weighted by Crippen LogP contribution is 2.19. The summed E-state index contributed by atoms with van der Waals surface area (Å²) in [5, 5.41) is 13.2. The van der Waals surface area contributed by atoms with Gasteiger partial charge in [-0.15, -0.1) is 0 Å². The normalized spacial score (nSPS) is 12.2. The highest BCUT2D eigenvalue weighted by atomic mass is 35.5. The van der Waals surface area contributed by atoms with E-state index >= 15 is 0 Å². The number of hydrogen-bond donors (Lipinski definition) is 11. The smallest absolute Gasteiger partial charge is 0.326 e. The van der Waals surface area contributed by atoms with Crippen LogP contribution in [0.5, 0.6) is 11.5 Å². The van der Waals surface area contributed by atoms with Crippen molar-refractivity contribution in [2.45, 2.75) is 50.6 Å². The van der Waals surface area contributed by atoms with Gasteiger partial charge in [0.15, 0.2) is 56.9 Å². The summed E-state index contributed by atoms with van der Waals surface area (Å²) in [6, 6.07) is 12.9. The Bertz CT molecular complexity index is 2300. The molecule has 0 saturated heterocycles. The molecule has 2 aromatic carbocycles. The molecule has 2 heterocycles. The van der Waals surface area contributed by atoms with Crippen LogP contribution in [0.3, 0.4) is 0 Å². The second-order valence-electron chi connectivity index (χ2n) is 13.6. The minimum absolute atomic E-state index is 0.0342. The van der Waals surface area contributed by atoms with Crippen molar-refractivity contribution in [3.8, 4) is 11.5 Å². The third kappa shape index (κ3) is 18.2. The lowest BCUT2D eigenvalue weighted by Crippen LogP contribution is -2.38. The summed E-state index contributed by atoms with van der Waals surface area (Å²) in [4.78, 5) is 69.6. The number of nitrogens with one attached hydrogen (secondary N) is 2. The van der Waals surface area contributed by atoms with Gasteiger partial charge < -0.3 is 65.2 Å². The van der Waals surface area contributed by atoms with Crippen molar-refractivity contribution >= 4 is 82.1 Å². The maximum absolute atomic E-state index is 12.2. The Morgan fingerprint density at radius 1 is 0.631 bits per heavy atom. The number of aromatic nitrogens is 4. The molecule has 2 aromatic heterocycles. The molecule has 0 aliphatic rings. The van der Waals surface area contributed by atoms with Crippen molar-refractivity contribution in [3.05, 3.63) is 81.4 Å². The van der Waals surface area contributed by atoms with Crippen LogP contribution in [0.15, 0.2) is 58.5 Å². The highest BCUT2D eigenvalue weighted by Gasteiger charge is 2.19. The predicted octanol–water partition coefficient (Wildman–Crippen LogP) is 0.393. The number of benzene rings is 2. The van der Waals surface area contributed by atoms with E-state index in [-0.39, 0.29) is 70.1 Å². The average molecular weight is 944 g/mol. The highest BCUT2D eigenvalue weighted by molar-refractivity contribution is 6.32. The van der Waals surface area contributed by atoms with Gasteiger partial charge in [0.1, 0.15) is 36.8 Å². The summed E-state index contributed by atoms with van der Waals surface area (Å²) in [6.45, 7) is 0.758. The molecule has 19 N–H and O–H groups in total. The number of carboxylic acids is 1. The number of guanidine groups is 2. The molecule has 0 aliphatic carbocycles. The van der Waals surface area contributed by atoms with Gasteiger partial charge in [0.05, 0.1) is 7.11 Å². The molecular formula is C39H52Cl2N16O8. The number of unbranched alkanes of at least 4 members (excludes halogenated alkanes) is 2. The number of carbonyl (C=O) groups is 4. The van der Waals surface area contributed by atoms with E-state index in [1.54, 1.807) is 12.1 Å². The standard InChI is InChI=1S/C20H27ClN8O4.C19H25ClN8O4/c1-32-19(31)13(22)10-33-12-7-5-11(6-8-12)4-2-3-9-26-20(25)29-18(30)14-16(23)28-17(24)15(21)27-14;20-14-16(23)27-15(22)13(26-14)17(29)28-19(24)25-8-2-1-3-10-4-6-11(7-5-10)32-9-12(21)18(30)31/h5-8,13H,2-4,9-10,22H2,1H3,(H4,23,24,28)(H3,25,26,29,30);4-7,12H,1-3,8-9,21H2,(H,30,31)(H4,22,23,27)(H3,24,25,28,29)/t13-;12-/m00/s1. The molecule has 0 saturated carbocycles. The van der Waals surface area contributed by atoms with Crippen molar-refractivity contribution in [2.24, 2.45) is 32.9 Å². The van der Waals surface area contributed by atoms with E-state index in [2.05, 4.69) is 45.3 Å². The number of aryl methyl sites for hydroxylation is 2. The van der Waals surface area contributed by atoms with E-state index in [1.165, 1.54) is 7.11 Å². The number of carbonyl (C=O) groups excluding carboxylic acids is 3. The topological polar surface area (TPSA) is 425 Å². The summed E-state index contributed by atoms with van der Waals surface area (Å²) < 4.78 is 15.4. The first-order chi connectivity index (χ1) is 30.9. The van der Waals surface area contributed by atoms with Crippen molar-refractivity contribution in [3.63, 3.8) is 0 Å². The van der Waals surface area contributed by atoms with Gasteiger partial charge in [-0.3, -0.25) is 39.8 Å². The van der Waals surface area contributed by atoms with Crippen molar-refractivity contribution in [1.29, 1.82) is 0 Å². The van der Waals surface area contributed by atoms with Gasteiger partial charge in [-0.25, -0.2) is 19.9 Å². The molecule has 0 radical (unpaired) electrons. The maximum atomic E-state index is 12.2. The zero-order valence-electron chi connectivity index (χ0n) is 35.2. The Hall–Kier alpha value is -7.28. The van der Waals surface area contributed by atoms with Crippen molar-refractivity contribution in [2.75, 3.05) is 56.3 Å². The largest absolute Gasteiger partial charge is 0.491 e. The molecule has 2 amide bonds. The van der Waals surface area contributed by atoms with Gasteiger partial charge in [0.25, 0.3) is 11.8 Å². The molecule has 0 fully saturated rings. The first kappa shape index (κ1) is 52.1. The van der Waals surface area contributed by atoms with Crippen LogP contribution in [0.1, 0.15) is 57.8 Å². The van der Waals surface area contributed by atoms with E-state index in [9.17, 15) is 19.2 Å². The number of esters is 1. The van der Waals surface area contributed by atoms with Gasteiger partial charge in [0, 0.05) is 13.1 Å². The Morgan fingerprint density at radius 3 is 1.38 bits per heavy atom. The molecule has 4 aromatic rings. The van der Waals surface area contributed by atoms with E-state index < -0.39 is 35.8 Å². The molecule has 0 aliphatic heterocycles. The number of aliphatic carboxylic acids is 1. The molecule has 0 bridgehead atoms. The number of hydrogen-bond acceptors (Lipinski definition) is 19. The zero-order valence-corrected chi connectivity index (χ0v) is 36.7. The Kier molecular flexibility index (Phi) is 21.1. The SMILES string of the molecule is COC(=O)[C@@H](N)COc1ccc(CCCCN=C(N)NC(=O)c2nc(Cl)c(N)nc2N)cc1.NC(=NCCCCc1ccc(OC[C@H](N)C(=O)O)cc1)NC(=O)c1nc(Cl)c(N)nc1N. The van der Waals surface area contributed by atoms with Crippen molar-refractivity contribution < 1.29 is 38.5 Å². The number of rotatable bonds is 20. The third-order valence-electron chi connectivity index (χ3n) is 8.56. The summed E-state index contributed by atoms with van der Waals surface area (Å²) in [5.74, 6) is -2.48. The summed E-state index contributed by atoms with van der Waals surface area (Å²) in [7, 11) is 1.27. The predicted molar refractivity (Wildman–Crippen MR) is 245 cm³/mol. The third-order valence-corrected chi connectivity index (χ3v) is 9.12. The number of aliphatic imine (C=N–C) groups is 2. The number of ether oxygens (including phenoxy) is 3. The Morgan fingerprint density at radius 2 is 1.02 bits per heavy atom. The number of halogens is 2. The molecule has 0 spiro atoms. The molecule has 24 nitrogen and oxygen atoms in total. The first-order valence-electron chi connectivity index (χ1n) is 19.5. The number of anilines is 4. The summed E-state index contributed by atoms with van der Waals surface area (Å²) in [5.41, 5.74) is 46.5. The zero-order chi connectivity index (χ0) is 48.1. The van der Waals surface area contributed by atoms with E-state index in [1.807, 2.05) is 36.4 Å². The summed E-state index contributed by atoms with van der Waals surface area (Å²) >= 11 is 11.5. The van der Waals surface area contributed by atoms with Gasteiger partial charge in [-0.05, 0) is 73.9 Å². The number of methoxy groups -OCH3 is 1. The minimum atomic E-state index is -1.11. The van der Waals surface area contributed by atoms with Crippen LogP contribution in [0, 0.1) is 0 Å². The number of amides is 2. The number of nitrogens with two attached hydrogens (primary N) is 8. The Labute approximate surface area is 382 Å². The van der Waals surface area contributed by atoms with Gasteiger partial charge in [0.2, 0.25) is 0 Å². The monoisotopic (exact) mass is 942 g/mol. The van der Waals surface area contributed by atoms with Crippen LogP contribution in [-0.2, 0) is 27.2 Å². The van der Waals surface area contributed by atoms with E-state index in [0.29, 0.717) is 24.6 Å². The molecule has 0 unspecified atom stereocenters. The molecular weight excluding hydrogens is 891 g/mol. The molecule has 350 valence electrons. The molecule has 26 heteroatoms. The number of nitrogens with zero attached hydrogens (tertiary/aromatic N) is 6. The van der Waals surface area contributed by atoms with Crippen LogP contribution in [0.25, 0.3) is 0 Å². The fourth-order valence-electron chi connectivity index (χ4n) is 5.10. The first-order valence-corrected chi connectivity index (χ1v) is 20.3. The second kappa shape index (κ2) is 26.4. The van der Waals surface area contributed by atoms with Gasteiger partial charge in [-0.2, -0.15) is 0 Å². The van der Waals surface area contributed by atoms with Crippen LogP contribution in [0.4, 0.5) is 23.3 Å². The molecule has 4 rings (SSSR count). The van der Waals surface area contributed by atoms with Crippen LogP contribution < -0.4 is 66.0 Å². The maximum Gasteiger partial charge on any atom is 0.326 e. The van der Waals surface area contributed by atoms with E-state index in [4.69, 9.17) is 83.7 Å². The fraction of sp³-hybridized carbons (Fsp3) is 0.333. The van der Waals surface area contributed by atoms with E-state index in [0.717, 1.165) is 49.7 Å². The molecule has 2 atom stereocenters. The second-order valence-corrected chi connectivity index (χ2v) is 14.3.